The second-order valence-electron chi connectivity index (χ2n) is 2.44. The third-order valence-corrected chi connectivity index (χ3v) is 1.72. The molecule has 0 radical (unpaired) electrons. The van der Waals surface area contributed by atoms with Crippen molar-refractivity contribution in [3.8, 4) is 0 Å². The highest BCUT2D eigenvalue weighted by Gasteiger charge is 2.08. The Morgan fingerprint density at radius 3 is 3.40 bits per heavy atom. The zero-order valence-electron chi connectivity index (χ0n) is 5.59. The summed E-state index contributed by atoms with van der Waals surface area (Å²) in [5, 5.41) is 3.22. The molecule has 52 valence electrons. The van der Waals surface area contributed by atoms with Gasteiger partial charge in [-0.3, -0.25) is 0 Å². The van der Waals surface area contributed by atoms with Gasteiger partial charge in [0.2, 0.25) is 0 Å². The average molecular weight is 135 g/mol. The number of hydrogen-bond acceptors (Lipinski definition) is 3. The minimum Gasteiger partial charge on any atom is -0.384 e. The number of nitrogen functional groups attached to an aromatic ring is 1. The summed E-state index contributed by atoms with van der Waals surface area (Å²) in [5.41, 5.74) is 7.90. The molecule has 10 heavy (non-hydrogen) atoms. The molecule has 0 aliphatic carbocycles. The molecule has 0 fully saturated rings. The number of pyridine rings is 1. The van der Waals surface area contributed by atoms with E-state index < -0.39 is 0 Å². The predicted octanol–water partition coefficient (Wildman–Crippen LogP) is 0.632. The van der Waals surface area contributed by atoms with Crippen LogP contribution in [0.25, 0.3) is 0 Å². The van der Waals surface area contributed by atoms with Crippen molar-refractivity contribution in [1.82, 2.24) is 4.98 Å². The van der Waals surface area contributed by atoms with Crippen molar-refractivity contribution in [3.63, 3.8) is 0 Å². The van der Waals surface area contributed by atoms with Crippen molar-refractivity contribution in [1.29, 1.82) is 0 Å². The highest BCUT2D eigenvalue weighted by molar-refractivity contribution is 5.58. The van der Waals surface area contributed by atoms with Crippen molar-refractivity contribution in [2.24, 2.45) is 0 Å². The molecule has 0 unspecified atom stereocenters. The summed E-state index contributed by atoms with van der Waals surface area (Å²) in [6.07, 6.45) is 2.91. The summed E-state index contributed by atoms with van der Waals surface area (Å²) in [7, 11) is 0. The molecule has 0 atom stereocenters. The number of nitrogens with one attached hydrogen (secondary N) is 1. The molecule has 3 N–H and O–H groups in total. The van der Waals surface area contributed by atoms with Crippen LogP contribution in [0.1, 0.15) is 5.56 Å². The Kier molecular flexibility index (Phi) is 1.03. The molecule has 1 aliphatic rings. The van der Waals surface area contributed by atoms with E-state index in [1.165, 1.54) is 5.56 Å². The minimum atomic E-state index is 0.591. The van der Waals surface area contributed by atoms with E-state index in [1.54, 1.807) is 0 Å². The van der Waals surface area contributed by atoms with Gasteiger partial charge in [-0.2, -0.15) is 0 Å². The lowest BCUT2D eigenvalue weighted by molar-refractivity contribution is 1.09. The van der Waals surface area contributed by atoms with Crippen LogP contribution in [0.4, 0.5) is 11.5 Å². The normalized spacial score (nSPS) is 14.4. The molecule has 1 aliphatic heterocycles. The third kappa shape index (κ3) is 0.708. The molecule has 0 saturated carbocycles. The molecule has 1 aromatic heterocycles. The SMILES string of the molecule is Nc1cc2c(cn1)CCN2. The van der Waals surface area contributed by atoms with E-state index in [4.69, 9.17) is 5.73 Å². The highest BCUT2D eigenvalue weighted by atomic mass is 14.9. The van der Waals surface area contributed by atoms with Crippen LogP contribution in [-0.2, 0) is 6.42 Å². The van der Waals surface area contributed by atoms with Crippen LogP contribution in [0.2, 0.25) is 0 Å². The molecule has 0 aromatic carbocycles. The fourth-order valence-corrected chi connectivity index (χ4v) is 1.20. The summed E-state index contributed by atoms with van der Waals surface area (Å²) in [5.74, 6) is 0.591. The molecule has 0 saturated heterocycles. The van der Waals surface area contributed by atoms with Crippen LogP contribution < -0.4 is 11.1 Å². The third-order valence-electron chi connectivity index (χ3n) is 1.72. The molecule has 0 bridgehead atoms. The van der Waals surface area contributed by atoms with Gasteiger partial charge in [-0.15, -0.1) is 0 Å². The summed E-state index contributed by atoms with van der Waals surface area (Å²) in [6, 6.07) is 1.88. The Morgan fingerprint density at radius 1 is 1.60 bits per heavy atom. The molecule has 0 amide bonds. The molecule has 2 rings (SSSR count). The van der Waals surface area contributed by atoms with Crippen molar-refractivity contribution in [2.75, 3.05) is 17.6 Å². The van der Waals surface area contributed by atoms with E-state index in [-0.39, 0.29) is 0 Å². The quantitative estimate of drug-likeness (QED) is 0.548. The first-order valence-electron chi connectivity index (χ1n) is 3.34. The van der Waals surface area contributed by atoms with Crippen LogP contribution >= 0.6 is 0 Å². The Bertz CT molecular complexity index is 257. The van der Waals surface area contributed by atoms with Gasteiger partial charge in [0.1, 0.15) is 5.82 Å². The topological polar surface area (TPSA) is 50.9 Å². The zero-order valence-corrected chi connectivity index (χ0v) is 5.59. The summed E-state index contributed by atoms with van der Waals surface area (Å²) >= 11 is 0. The fraction of sp³-hybridized carbons (Fsp3) is 0.286. The van der Waals surface area contributed by atoms with E-state index in [2.05, 4.69) is 10.3 Å². The second kappa shape index (κ2) is 1.87. The number of rotatable bonds is 0. The largest absolute Gasteiger partial charge is 0.384 e. The van der Waals surface area contributed by atoms with Crippen LogP contribution in [0, 0.1) is 0 Å². The standard InChI is InChI=1S/C7H9N3/c8-7-3-6-5(4-10-7)1-2-9-6/h3-4,9H,1-2H2,(H2,8,10). The Labute approximate surface area is 59.3 Å². The first-order chi connectivity index (χ1) is 4.86. The van der Waals surface area contributed by atoms with Crippen LogP contribution in [0.15, 0.2) is 12.3 Å². The number of aromatic nitrogens is 1. The van der Waals surface area contributed by atoms with Crippen LogP contribution in [0.3, 0.4) is 0 Å². The van der Waals surface area contributed by atoms with Crippen LogP contribution in [0.5, 0.6) is 0 Å². The first-order valence-corrected chi connectivity index (χ1v) is 3.34. The van der Waals surface area contributed by atoms with Gasteiger partial charge in [-0.25, -0.2) is 4.98 Å². The van der Waals surface area contributed by atoms with Gasteiger partial charge in [0.25, 0.3) is 0 Å². The molecule has 3 heteroatoms. The number of nitrogens with two attached hydrogens (primary N) is 1. The second-order valence-corrected chi connectivity index (χ2v) is 2.44. The summed E-state index contributed by atoms with van der Waals surface area (Å²) in [4.78, 5) is 3.99. The smallest absolute Gasteiger partial charge is 0.125 e. The molecule has 0 spiro atoms. The molecule has 1 aromatic rings. The Hall–Kier alpha value is -1.25. The van der Waals surface area contributed by atoms with Gasteiger partial charge < -0.3 is 11.1 Å². The van der Waals surface area contributed by atoms with E-state index in [1.807, 2.05) is 12.3 Å². The van der Waals surface area contributed by atoms with Gasteiger partial charge >= 0.3 is 0 Å². The van der Waals surface area contributed by atoms with Crippen molar-refractivity contribution >= 4 is 11.5 Å². The average Bonchev–Trinajstić information content (AvgIpc) is 2.33. The number of hydrogen-bond donors (Lipinski definition) is 2. The summed E-state index contributed by atoms with van der Waals surface area (Å²) < 4.78 is 0. The zero-order chi connectivity index (χ0) is 6.97. The molecular formula is C7H9N3. The maximum Gasteiger partial charge on any atom is 0.125 e. The van der Waals surface area contributed by atoms with Crippen molar-refractivity contribution < 1.29 is 0 Å². The summed E-state index contributed by atoms with van der Waals surface area (Å²) in [6.45, 7) is 1.01. The number of nitrogens with zero attached hydrogens (tertiary/aromatic N) is 1. The van der Waals surface area contributed by atoms with Crippen LogP contribution in [-0.4, -0.2) is 11.5 Å². The first kappa shape index (κ1) is 5.53. The van der Waals surface area contributed by atoms with Gasteiger partial charge in [-0.05, 0) is 12.0 Å². The predicted molar refractivity (Wildman–Crippen MR) is 40.8 cm³/mol. The van der Waals surface area contributed by atoms with E-state index in [0.717, 1.165) is 18.7 Å². The number of fused-ring (bicyclic) bond motifs is 1. The fourth-order valence-electron chi connectivity index (χ4n) is 1.20. The lowest BCUT2D eigenvalue weighted by atomic mass is 10.2. The van der Waals surface area contributed by atoms with E-state index in [0.29, 0.717) is 5.82 Å². The van der Waals surface area contributed by atoms with Gasteiger partial charge in [0, 0.05) is 24.5 Å². The lowest BCUT2D eigenvalue weighted by Crippen LogP contribution is -1.93. The maximum absolute atomic E-state index is 5.48. The Balaban J connectivity index is 2.52. The lowest BCUT2D eigenvalue weighted by Gasteiger charge is -1.97. The Morgan fingerprint density at radius 2 is 2.50 bits per heavy atom. The van der Waals surface area contributed by atoms with E-state index in [9.17, 15) is 0 Å². The van der Waals surface area contributed by atoms with Crippen molar-refractivity contribution in [2.45, 2.75) is 6.42 Å². The van der Waals surface area contributed by atoms with E-state index >= 15 is 0 Å². The molecular weight excluding hydrogens is 126 g/mol. The highest BCUT2D eigenvalue weighted by Crippen LogP contribution is 2.21. The van der Waals surface area contributed by atoms with Gasteiger partial charge in [0.15, 0.2) is 0 Å². The number of anilines is 2. The minimum absolute atomic E-state index is 0.591. The maximum atomic E-state index is 5.48. The van der Waals surface area contributed by atoms with Gasteiger partial charge in [-0.1, -0.05) is 0 Å². The monoisotopic (exact) mass is 135 g/mol. The van der Waals surface area contributed by atoms with Gasteiger partial charge in [0.05, 0.1) is 0 Å². The molecule has 2 heterocycles. The molecule has 3 nitrogen and oxygen atoms in total. The van der Waals surface area contributed by atoms with Crippen molar-refractivity contribution in [3.05, 3.63) is 17.8 Å².